The molecule has 0 saturated carbocycles. The van der Waals surface area contributed by atoms with Crippen LogP contribution in [0.15, 0.2) is 51.4 Å². The lowest BCUT2D eigenvalue weighted by atomic mass is 9.93. The second kappa shape index (κ2) is 5.48. The number of aliphatic hydroxyl groups is 2. The molecule has 3 N–H and O–H groups in total. The van der Waals surface area contributed by atoms with Crippen LogP contribution >= 0.6 is 23.2 Å². The van der Waals surface area contributed by atoms with E-state index in [0.717, 1.165) is 5.56 Å². The molecule has 6 heteroatoms. The fourth-order valence-corrected chi connectivity index (χ4v) is 2.68. The molecule has 114 valence electrons. The summed E-state index contributed by atoms with van der Waals surface area (Å²) >= 11 is 11.3. The number of allylic oxidation sites excluding steroid dienone is 2. The van der Waals surface area contributed by atoms with E-state index in [4.69, 9.17) is 27.6 Å². The van der Waals surface area contributed by atoms with Gasteiger partial charge in [-0.2, -0.15) is 0 Å². The van der Waals surface area contributed by atoms with Gasteiger partial charge in [-0.15, -0.1) is 0 Å². The van der Waals surface area contributed by atoms with Crippen molar-refractivity contribution in [2.75, 3.05) is 0 Å². The maximum atomic E-state index is 9.91. The lowest BCUT2D eigenvalue weighted by Crippen LogP contribution is -2.30. The van der Waals surface area contributed by atoms with Crippen LogP contribution in [0.1, 0.15) is 11.3 Å². The third kappa shape index (κ3) is 3.05. The molecule has 0 unspecified atom stereocenters. The van der Waals surface area contributed by atoms with Crippen LogP contribution in [0.4, 0.5) is 0 Å². The van der Waals surface area contributed by atoms with Gasteiger partial charge in [0.05, 0.1) is 0 Å². The molecule has 0 aliphatic heterocycles. The fraction of sp³-hybridized carbons (Fsp3) is 0.125. The smallest absolute Gasteiger partial charge is 0.187 e. The van der Waals surface area contributed by atoms with Crippen molar-refractivity contribution in [3.8, 4) is 17.1 Å². The molecule has 1 aliphatic rings. The molecule has 3 rings (SSSR count). The lowest BCUT2D eigenvalue weighted by molar-refractivity contribution is -0.117. The number of fused-ring (bicyclic) bond motifs is 1. The topological polar surface area (TPSA) is 73.8 Å². The first-order valence-electron chi connectivity index (χ1n) is 6.47. The highest BCUT2D eigenvalue weighted by atomic mass is 35.5. The number of halogens is 2. The summed E-state index contributed by atoms with van der Waals surface area (Å²) in [4.78, 5) is 0. The van der Waals surface area contributed by atoms with Gasteiger partial charge >= 0.3 is 0 Å². The second-order valence-corrected chi connectivity index (χ2v) is 6.11. The molecule has 0 spiro atoms. The molecule has 1 aliphatic carbocycles. The van der Waals surface area contributed by atoms with Crippen molar-refractivity contribution in [2.24, 2.45) is 0 Å². The molecule has 1 aromatic heterocycles. The predicted octanol–water partition coefficient (Wildman–Crippen LogP) is 3.59. The Hall–Kier alpha value is -1.72. The van der Waals surface area contributed by atoms with Gasteiger partial charge in [-0.1, -0.05) is 23.2 Å². The van der Waals surface area contributed by atoms with E-state index >= 15 is 0 Å². The van der Waals surface area contributed by atoms with E-state index < -0.39 is 5.79 Å². The van der Waals surface area contributed by atoms with Crippen LogP contribution in [-0.2, 0) is 6.42 Å². The molecular formula is C16H12Cl2O4. The number of benzene rings is 1. The monoisotopic (exact) mass is 338 g/mol. The Balaban J connectivity index is 2.08. The maximum absolute atomic E-state index is 9.91. The number of furan rings is 1. The molecule has 2 aromatic rings. The molecular weight excluding hydrogens is 327 g/mol. The number of phenolic OH excluding ortho intramolecular Hbond substituents is 1. The quantitative estimate of drug-likeness (QED) is 0.731. The standard InChI is InChI=1S/C16H12Cl2O4/c17-14(18)6-11-8-16(20,21)7-10-5-13(22-15(10)11)9-1-3-12(19)4-2-9/h1-6,8,19-21H,7H2. The highest BCUT2D eigenvalue weighted by molar-refractivity contribution is 6.56. The molecule has 0 amide bonds. The lowest BCUT2D eigenvalue weighted by Gasteiger charge is -2.22. The molecule has 4 nitrogen and oxygen atoms in total. The van der Waals surface area contributed by atoms with Crippen LogP contribution in [-0.4, -0.2) is 21.1 Å². The highest BCUT2D eigenvalue weighted by Gasteiger charge is 2.31. The van der Waals surface area contributed by atoms with Crippen LogP contribution in [0.25, 0.3) is 16.9 Å². The van der Waals surface area contributed by atoms with Gasteiger partial charge in [0.2, 0.25) is 0 Å². The van der Waals surface area contributed by atoms with Gasteiger partial charge in [-0.25, -0.2) is 0 Å². The number of aromatic hydroxyl groups is 1. The minimum absolute atomic E-state index is 0.00115. The summed E-state index contributed by atoms with van der Waals surface area (Å²) in [5.74, 6) is -0.798. The molecule has 1 heterocycles. The van der Waals surface area contributed by atoms with Crippen molar-refractivity contribution >= 4 is 28.8 Å². The molecule has 0 saturated heterocycles. The van der Waals surface area contributed by atoms with Crippen LogP contribution in [0.2, 0.25) is 0 Å². The summed E-state index contributed by atoms with van der Waals surface area (Å²) in [6, 6.07) is 8.24. The summed E-state index contributed by atoms with van der Waals surface area (Å²) < 4.78 is 5.79. The van der Waals surface area contributed by atoms with Crippen molar-refractivity contribution in [1.29, 1.82) is 0 Å². The largest absolute Gasteiger partial charge is 0.508 e. The summed E-state index contributed by atoms with van der Waals surface area (Å²) in [7, 11) is 0. The van der Waals surface area contributed by atoms with Gasteiger partial charge in [0.15, 0.2) is 5.79 Å². The first-order chi connectivity index (χ1) is 10.3. The molecule has 1 aromatic carbocycles. The second-order valence-electron chi connectivity index (χ2n) is 5.10. The zero-order chi connectivity index (χ0) is 15.9. The number of phenols is 1. The minimum Gasteiger partial charge on any atom is -0.508 e. The fourth-order valence-electron chi connectivity index (χ4n) is 2.44. The SMILES string of the molecule is Oc1ccc(-c2cc3c(o2)C(C=C(Cl)Cl)=CC(O)(O)C3)cc1. The van der Waals surface area contributed by atoms with Crippen molar-refractivity contribution in [1.82, 2.24) is 0 Å². The van der Waals surface area contributed by atoms with Crippen molar-refractivity contribution in [3.63, 3.8) is 0 Å². The zero-order valence-corrected chi connectivity index (χ0v) is 12.8. The molecule has 0 radical (unpaired) electrons. The van der Waals surface area contributed by atoms with E-state index in [-0.39, 0.29) is 16.7 Å². The van der Waals surface area contributed by atoms with Crippen LogP contribution in [0.3, 0.4) is 0 Å². The summed E-state index contributed by atoms with van der Waals surface area (Å²) in [6.07, 6.45) is 2.64. The summed E-state index contributed by atoms with van der Waals surface area (Å²) in [5.41, 5.74) is 1.79. The third-order valence-electron chi connectivity index (χ3n) is 3.32. The minimum atomic E-state index is -1.99. The molecule has 0 fully saturated rings. The van der Waals surface area contributed by atoms with Crippen molar-refractivity contribution in [2.45, 2.75) is 12.2 Å². The van der Waals surface area contributed by atoms with E-state index in [9.17, 15) is 15.3 Å². The summed E-state index contributed by atoms with van der Waals surface area (Å²) in [5, 5.41) is 29.2. The molecule has 22 heavy (non-hydrogen) atoms. The molecule has 0 atom stereocenters. The average molecular weight is 339 g/mol. The maximum Gasteiger partial charge on any atom is 0.187 e. The van der Waals surface area contributed by atoms with E-state index in [1.807, 2.05) is 0 Å². The molecule has 0 bridgehead atoms. The Morgan fingerprint density at radius 3 is 2.50 bits per heavy atom. The van der Waals surface area contributed by atoms with Gasteiger partial charge in [-0.05, 0) is 42.5 Å². The van der Waals surface area contributed by atoms with E-state index in [2.05, 4.69) is 0 Å². The Morgan fingerprint density at radius 1 is 1.18 bits per heavy atom. The van der Waals surface area contributed by atoms with Crippen molar-refractivity contribution < 1.29 is 19.7 Å². The van der Waals surface area contributed by atoms with Gasteiger partial charge in [-0.3, -0.25) is 0 Å². The van der Waals surface area contributed by atoms with Gasteiger partial charge in [0.1, 0.15) is 21.8 Å². The van der Waals surface area contributed by atoms with Gasteiger partial charge < -0.3 is 19.7 Å². The van der Waals surface area contributed by atoms with E-state index in [1.165, 1.54) is 12.2 Å². The first-order valence-corrected chi connectivity index (χ1v) is 7.22. The number of rotatable bonds is 2. The highest BCUT2D eigenvalue weighted by Crippen LogP contribution is 2.38. The third-order valence-corrected chi connectivity index (χ3v) is 3.54. The Labute approximate surface area is 136 Å². The normalized spacial score (nSPS) is 15.9. The van der Waals surface area contributed by atoms with Gasteiger partial charge in [0.25, 0.3) is 0 Å². The van der Waals surface area contributed by atoms with E-state index in [0.29, 0.717) is 22.7 Å². The Kier molecular flexibility index (Phi) is 3.78. The Morgan fingerprint density at radius 2 is 1.86 bits per heavy atom. The van der Waals surface area contributed by atoms with Crippen LogP contribution in [0, 0.1) is 0 Å². The number of hydrogen-bond acceptors (Lipinski definition) is 4. The summed E-state index contributed by atoms with van der Waals surface area (Å²) in [6.45, 7) is 0. The van der Waals surface area contributed by atoms with Crippen LogP contribution in [0.5, 0.6) is 5.75 Å². The Bertz CT molecular complexity index is 766. The van der Waals surface area contributed by atoms with Crippen LogP contribution < -0.4 is 0 Å². The average Bonchev–Trinajstić information content (AvgIpc) is 2.81. The number of hydrogen-bond donors (Lipinski definition) is 3. The zero-order valence-electron chi connectivity index (χ0n) is 11.3. The van der Waals surface area contributed by atoms with Gasteiger partial charge in [0, 0.05) is 23.1 Å². The van der Waals surface area contributed by atoms with Crippen molar-refractivity contribution in [3.05, 3.63) is 58.3 Å². The van der Waals surface area contributed by atoms with E-state index in [1.54, 1.807) is 30.3 Å². The predicted molar refractivity (Wildman–Crippen MR) is 84.4 cm³/mol. The first kappa shape index (κ1) is 15.2.